The van der Waals surface area contributed by atoms with Crippen LogP contribution in [0.3, 0.4) is 0 Å². The molecule has 0 saturated heterocycles. The van der Waals surface area contributed by atoms with Crippen molar-refractivity contribution in [2.75, 3.05) is 0 Å². The number of benzene rings is 3. The Hall–Kier alpha value is -6.32. The van der Waals surface area contributed by atoms with Gasteiger partial charge < -0.3 is 15.0 Å². The van der Waals surface area contributed by atoms with E-state index < -0.39 is 195 Å². The summed E-state index contributed by atoms with van der Waals surface area (Å²) in [4.78, 5) is 6.91. The minimum absolute atomic E-state index is 0. The van der Waals surface area contributed by atoms with E-state index in [9.17, 15) is 65.5 Å². The molecule has 4 aromatic heterocycles. The zero-order valence-corrected chi connectivity index (χ0v) is 33.1. The number of aromatic nitrogens is 4. The Labute approximate surface area is 359 Å². The maximum atomic E-state index is 15.8. The predicted molar refractivity (Wildman–Crippen MR) is 190 cm³/mol. The molecule has 5 N–H and O–H groups in total. The van der Waals surface area contributed by atoms with Crippen LogP contribution in [-0.4, -0.2) is 45.9 Å². The molecule has 8 bridgehead atoms. The van der Waals surface area contributed by atoms with Crippen LogP contribution in [0.4, 0.5) is 65.9 Å². The molecule has 10 nitrogen and oxygen atoms in total. The summed E-state index contributed by atoms with van der Waals surface area (Å²) >= 11 is 0. The Morgan fingerprint density at radius 1 is 0.369 bits per heavy atom. The van der Waals surface area contributed by atoms with Gasteiger partial charge in [-0.15, -0.1) is 0 Å². The second-order valence-electron chi connectivity index (χ2n) is 13.3. The first kappa shape index (κ1) is 46.7. The Morgan fingerprint density at radius 3 is 1.09 bits per heavy atom. The van der Waals surface area contributed by atoms with Gasteiger partial charge in [0.15, 0.2) is 69.8 Å². The van der Waals surface area contributed by atoms with Crippen molar-refractivity contribution in [3.8, 4) is 33.4 Å². The van der Waals surface area contributed by atoms with Crippen LogP contribution in [0.5, 0.6) is 0 Å². The quantitative estimate of drug-likeness (QED) is 0.0376. The Bertz CT molecular complexity index is 3620. The standard InChI is InChI=1S/C37H11F15N4O6S2.Mn/c38-21-18(22(39)28(45)33(50)27(21)44)15-7-1-2-9(53-7)16(19-23(40)29(46)34(51)30(47)24(19)41)11-5-13(63(57,58)59)36(55-11)12-6-14(64(60,61)62)37(56-12)17(10-4-3-8(15)54-10)20-25(42)31(48)35(52)32(49)26(20)43;/h1-6,53,55-56H,(H,57,58,59)(H,60,61,62);/q;+3. The third-order valence-electron chi connectivity index (χ3n) is 9.66. The molecule has 3 aromatic carbocycles. The van der Waals surface area contributed by atoms with E-state index in [1.165, 1.54) is 0 Å². The number of hydrogen-bond donors (Lipinski definition) is 5. The van der Waals surface area contributed by atoms with Gasteiger partial charge in [-0.25, -0.2) is 70.8 Å². The summed E-state index contributed by atoms with van der Waals surface area (Å²) in [5.74, 6) is -40.5. The first-order valence-corrected chi connectivity index (χ1v) is 19.6. The van der Waals surface area contributed by atoms with E-state index in [4.69, 9.17) is 0 Å². The molecule has 0 saturated carbocycles. The molecule has 336 valence electrons. The molecule has 0 unspecified atom stereocenters. The van der Waals surface area contributed by atoms with Gasteiger partial charge in [0.1, 0.15) is 9.79 Å². The van der Waals surface area contributed by atoms with Crippen molar-refractivity contribution in [2.24, 2.45) is 0 Å². The minimum atomic E-state index is -5.93. The van der Waals surface area contributed by atoms with Crippen LogP contribution in [0, 0.1) is 87.3 Å². The molecule has 1 aliphatic rings. The van der Waals surface area contributed by atoms with E-state index in [-0.39, 0.29) is 29.2 Å². The summed E-state index contributed by atoms with van der Waals surface area (Å²) in [5, 5.41) is 0. The second kappa shape index (κ2) is 15.7. The van der Waals surface area contributed by atoms with Crippen LogP contribution in [0.1, 0.15) is 11.4 Å². The maximum Gasteiger partial charge on any atom is 3.00 e. The third-order valence-corrected chi connectivity index (χ3v) is 11.4. The predicted octanol–water partition coefficient (Wildman–Crippen LogP) is 10.3. The summed E-state index contributed by atoms with van der Waals surface area (Å²) in [5.41, 5.74) is -19.7. The molecule has 1 aliphatic heterocycles. The summed E-state index contributed by atoms with van der Waals surface area (Å²) < 4.78 is 298. The number of rotatable bonds is 5. The zero-order chi connectivity index (χ0) is 47.0. The SMILES string of the molecule is O=S(=O)(O)c1cc2[nH]c1c(-c1c(F)c(F)c(F)c(F)c1F)c1nc(c(-c3c(F)c(F)c(F)c(F)c3F)c3ccc([nH]3)c(-c3c(F)c(F)c(F)c(F)c3F)c3cc(S(=O)(=O)O)c2[nH]3)C=C1.[Mn+3]. The van der Waals surface area contributed by atoms with Gasteiger partial charge in [0.05, 0.1) is 50.1 Å². The van der Waals surface area contributed by atoms with Crippen molar-refractivity contribution >= 4 is 65.5 Å². The summed E-state index contributed by atoms with van der Waals surface area (Å²) in [6.45, 7) is 0. The van der Waals surface area contributed by atoms with Crippen molar-refractivity contribution < 1.29 is 109 Å². The summed E-state index contributed by atoms with van der Waals surface area (Å²) in [7, 11) is -11.7. The summed E-state index contributed by atoms with van der Waals surface area (Å²) in [6.07, 6.45) is 0.987. The molecule has 28 heteroatoms. The smallest absolute Gasteiger partial charge is 0.354 e. The maximum absolute atomic E-state index is 15.8. The van der Waals surface area contributed by atoms with E-state index in [0.717, 1.165) is 0 Å². The molecule has 0 aliphatic carbocycles. The van der Waals surface area contributed by atoms with Crippen molar-refractivity contribution in [1.82, 2.24) is 19.9 Å². The Morgan fingerprint density at radius 2 is 0.677 bits per heavy atom. The molecular formula is C37H11F15MnN4O6S2+3. The van der Waals surface area contributed by atoms with Crippen LogP contribution in [0.15, 0.2) is 34.1 Å². The monoisotopic (exact) mass is 1010 g/mol. The van der Waals surface area contributed by atoms with Crippen molar-refractivity contribution in [2.45, 2.75) is 9.79 Å². The van der Waals surface area contributed by atoms with Gasteiger partial charge in [-0.2, -0.15) is 16.8 Å². The zero-order valence-electron chi connectivity index (χ0n) is 30.3. The first-order chi connectivity index (χ1) is 29.8. The average Bonchev–Trinajstić information content (AvgIpc) is 4.07. The first-order valence-electron chi connectivity index (χ1n) is 16.7. The van der Waals surface area contributed by atoms with E-state index in [0.29, 0.717) is 24.3 Å². The molecule has 5 heterocycles. The number of H-pyrrole nitrogens is 3. The molecule has 0 atom stereocenters. The van der Waals surface area contributed by atoms with Gasteiger partial charge in [0, 0.05) is 27.7 Å². The Balaban J connectivity index is 0.00000630. The number of aromatic amines is 3. The van der Waals surface area contributed by atoms with E-state index in [1.807, 2.05) is 4.98 Å². The van der Waals surface area contributed by atoms with E-state index >= 15 is 26.3 Å². The average molecular weight is 1010 g/mol. The van der Waals surface area contributed by atoms with Gasteiger partial charge >= 0.3 is 17.1 Å². The van der Waals surface area contributed by atoms with E-state index in [1.54, 1.807) is 0 Å². The van der Waals surface area contributed by atoms with Gasteiger partial charge in [0.2, 0.25) is 17.5 Å². The molecule has 0 radical (unpaired) electrons. The minimum Gasteiger partial charge on any atom is -0.354 e. The molecule has 8 rings (SSSR count). The normalized spacial score (nSPS) is 12.4. The molecule has 65 heavy (non-hydrogen) atoms. The van der Waals surface area contributed by atoms with Crippen LogP contribution in [0.25, 0.3) is 78.6 Å². The van der Waals surface area contributed by atoms with Crippen LogP contribution < -0.4 is 0 Å². The fourth-order valence-corrected chi connectivity index (χ4v) is 8.29. The van der Waals surface area contributed by atoms with E-state index in [2.05, 4.69) is 15.0 Å². The Kier molecular flexibility index (Phi) is 11.3. The number of fused-ring (bicyclic) bond motifs is 9. The van der Waals surface area contributed by atoms with Gasteiger partial charge in [-0.05, 0) is 36.4 Å². The van der Waals surface area contributed by atoms with Crippen LogP contribution >= 0.6 is 0 Å². The van der Waals surface area contributed by atoms with Gasteiger partial charge in [-0.3, -0.25) is 9.11 Å². The number of halogens is 15. The molecule has 0 spiro atoms. The second-order valence-corrected chi connectivity index (χ2v) is 16.0. The number of hydrogen-bond acceptors (Lipinski definition) is 5. The fourth-order valence-electron chi connectivity index (χ4n) is 6.93. The largest absolute Gasteiger partial charge is 3.00 e. The number of nitrogens with one attached hydrogen (secondary N) is 3. The fraction of sp³-hybridized carbons (Fsp3) is 0. The summed E-state index contributed by atoms with van der Waals surface area (Å²) in [6, 6.07) is 1.55. The van der Waals surface area contributed by atoms with Crippen LogP contribution in [-0.2, 0) is 37.3 Å². The topological polar surface area (TPSA) is 169 Å². The van der Waals surface area contributed by atoms with Crippen LogP contribution in [0.2, 0.25) is 0 Å². The van der Waals surface area contributed by atoms with Crippen molar-refractivity contribution in [1.29, 1.82) is 0 Å². The van der Waals surface area contributed by atoms with Gasteiger partial charge in [0.25, 0.3) is 20.2 Å². The molecule has 0 amide bonds. The molecular weight excluding hydrogens is 1000 g/mol. The van der Waals surface area contributed by atoms with Crippen molar-refractivity contribution in [3.05, 3.63) is 123 Å². The molecule has 0 fully saturated rings. The van der Waals surface area contributed by atoms with Gasteiger partial charge in [-0.1, -0.05) is 0 Å². The molecule has 7 aromatic rings. The number of nitrogens with zero attached hydrogens (tertiary/aromatic N) is 1. The van der Waals surface area contributed by atoms with Crippen molar-refractivity contribution in [3.63, 3.8) is 0 Å². The third kappa shape index (κ3) is 7.01.